The minimum atomic E-state index is -3.61. The molecule has 7 heteroatoms. The van der Waals surface area contributed by atoms with E-state index in [0.29, 0.717) is 17.3 Å². The Labute approximate surface area is 148 Å². The number of sulfonamides is 1. The second-order valence-corrected chi connectivity index (χ2v) is 7.88. The molecular weight excluding hydrogens is 336 g/mol. The van der Waals surface area contributed by atoms with Crippen molar-refractivity contribution in [1.29, 1.82) is 0 Å². The summed E-state index contributed by atoms with van der Waals surface area (Å²) in [5.41, 5.74) is 4.30. The summed E-state index contributed by atoms with van der Waals surface area (Å²) in [6.45, 7) is 8.48. The van der Waals surface area contributed by atoms with E-state index < -0.39 is 10.0 Å². The summed E-state index contributed by atoms with van der Waals surface area (Å²) in [6, 6.07) is 7.31. The number of nitrogens with zero attached hydrogens (tertiary/aromatic N) is 3. The highest BCUT2D eigenvalue weighted by molar-refractivity contribution is 7.89. The van der Waals surface area contributed by atoms with Crippen LogP contribution in [-0.4, -0.2) is 23.0 Å². The summed E-state index contributed by atoms with van der Waals surface area (Å²) in [7, 11) is -3.61. The third kappa shape index (κ3) is 3.29. The second kappa shape index (κ2) is 6.57. The minimum absolute atomic E-state index is 0.124. The molecular formula is C18H22N4O2S. The van der Waals surface area contributed by atoms with Gasteiger partial charge in [-0.05, 0) is 62.6 Å². The van der Waals surface area contributed by atoms with Gasteiger partial charge < -0.3 is 4.57 Å². The van der Waals surface area contributed by atoms with Crippen LogP contribution in [0.5, 0.6) is 0 Å². The lowest BCUT2D eigenvalue weighted by atomic mass is 10.1. The number of nitrogens with one attached hydrogen (secondary N) is 1. The summed E-state index contributed by atoms with van der Waals surface area (Å²) in [4.78, 5) is 9.15. The molecule has 25 heavy (non-hydrogen) atoms. The molecule has 0 unspecified atom stereocenters. The monoisotopic (exact) mass is 358 g/mol. The van der Waals surface area contributed by atoms with Gasteiger partial charge in [-0.25, -0.2) is 23.1 Å². The van der Waals surface area contributed by atoms with Crippen LogP contribution in [-0.2, 0) is 23.1 Å². The molecule has 0 saturated carbocycles. The molecule has 0 radical (unpaired) electrons. The zero-order valence-corrected chi connectivity index (χ0v) is 15.7. The smallest absolute Gasteiger partial charge is 0.241 e. The van der Waals surface area contributed by atoms with Gasteiger partial charge in [0, 0.05) is 12.7 Å². The molecule has 0 spiro atoms. The number of aromatic nitrogens is 3. The third-order valence-corrected chi connectivity index (χ3v) is 5.94. The van der Waals surface area contributed by atoms with Crippen molar-refractivity contribution in [2.45, 2.75) is 45.7 Å². The van der Waals surface area contributed by atoms with Gasteiger partial charge in [-0.2, -0.15) is 0 Å². The van der Waals surface area contributed by atoms with Gasteiger partial charge in [0.25, 0.3) is 0 Å². The molecule has 0 saturated heterocycles. The van der Waals surface area contributed by atoms with Crippen LogP contribution in [0.3, 0.4) is 0 Å². The van der Waals surface area contributed by atoms with E-state index in [9.17, 15) is 8.42 Å². The molecule has 1 N–H and O–H groups in total. The Balaban J connectivity index is 1.92. The van der Waals surface area contributed by atoms with Gasteiger partial charge in [0.2, 0.25) is 10.0 Å². The average molecular weight is 358 g/mol. The number of rotatable bonds is 5. The minimum Gasteiger partial charge on any atom is -0.312 e. The van der Waals surface area contributed by atoms with Crippen LogP contribution in [0.4, 0.5) is 0 Å². The highest BCUT2D eigenvalue weighted by Crippen LogP contribution is 2.20. The van der Waals surface area contributed by atoms with E-state index in [4.69, 9.17) is 0 Å². The molecule has 0 aliphatic rings. The fraction of sp³-hybridized carbons (Fsp3) is 0.333. The zero-order chi connectivity index (χ0) is 18.2. The predicted molar refractivity (Wildman–Crippen MR) is 97.9 cm³/mol. The first-order valence-corrected chi connectivity index (χ1v) is 9.69. The van der Waals surface area contributed by atoms with Crippen molar-refractivity contribution < 1.29 is 8.42 Å². The van der Waals surface area contributed by atoms with Crippen molar-refractivity contribution in [3.8, 4) is 0 Å². The molecule has 6 nitrogen and oxygen atoms in total. The summed E-state index contributed by atoms with van der Waals surface area (Å²) < 4.78 is 30.1. The molecule has 0 amide bonds. The summed E-state index contributed by atoms with van der Waals surface area (Å²) in [6.07, 6.45) is 1.71. The molecule has 0 atom stereocenters. The molecule has 132 valence electrons. The molecule has 1 aromatic carbocycles. The number of hydrogen-bond acceptors (Lipinski definition) is 4. The maximum absolute atomic E-state index is 12.7. The molecule has 3 aromatic rings. The summed E-state index contributed by atoms with van der Waals surface area (Å²) >= 11 is 0. The Morgan fingerprint density at radius 3 is 2.56 bits per heavy atom. The first-order chi connectivity index (χ1) is 11.8. The van der Waals surface area contributed by atoms with E-state index in [1.54, 1.807) is 12.3 Å². The first kappa shape index (κ1) is 17.6. The lowest BCUT2D eigenvalue weighted by Crippen LogP contribution is -2.26. The standard InChI is InChI=1S/C18H22N4O2S/c1-5-22-17(21-15-7-6-8-19-18(15)22)11-20-25(23,24)16-10-13(3)12(2)9-14(16)4/h6-10,20H,5,11H2,1-4H3. The molecule has 0 bridgehead atoms. The van der Waals surface area contributed by atoms with Crippen molar-refractivity contribution in [3.05, 3.63) is 53.0 Å². The van der Waals surface area contributed by atoms with Crippen LogP contribution in [0, 0.1) is 20.8 Å². The molecule has 0 aliphatic carbocycles. The lowest BCUT2D eigenvalue weighted by molar-refractivity contribution is 0.575. The van der Waals surface area contributed by atoms with Gasteiger partial charge in [0.1, 0.15) is 11.3 Å². The van der Waals surface area contributed by atoms with E-state index in [1.165, 1.54) is 0 Å². The van der Waals surface area contributed by atoms with Gasteiger partial charge in [-0.3, -0.25) is 0 Å². The molecule has 2 heterocycles. The molecule has 3 rings (SSSR count). The van der Waals surface area contributed by atoms with E-state index in [0.717, 1.165) is 27.9 Å². The van der Waals surface area contributed by atoms with Gasteiger partial charge in [-0.1, -0.05) is 6.07 Å². The number of aryl methyl sites for hydroxylation is 4. The quantitative estimate of drug-likeness (QED) is 0.761. The SMILES string of the molecule is CCn1c(CNS(=O)(=O)c2cc(C)c(C)cc2C)nc2cccnc21. The van der Waals surface area contributed by atoms with Crippen molar-refractivity contribution in [1.82, 2.24) is 19.3 Å². The van der Waals surface area contributed by atoms with E-state index in [-0.39, 0.29) is 6.54 Å². The largest absolute Gasteiger partial charge is 0.312 e. The zero-order valence-electron chi connectivity index (χ0n) is 14.9. The lowest BCUT2D eigenvalue weighted by Gasteiger charge is -2.12. The fourth-order valence-electron chi connectivity index (χ4n) is 2.93. The van der Waals surface area contributed by atoms with Crippen LogP contribution < -0.4 is 4.72 Å². The number of pyridine rings is 1. The average Bonchev–Trinajstić information content (AvgIpc) is 2.93. The number of imidazole rings is 1. The van der Waals surface area contributed by atoms with Gasteiger partial charge in [-0.15, -0.1) is 0 Å². The van der Waals surface area contributed by atoms with Gasteiger partial charge in [0.05, 0.1) is 11.4 Å². The maximum Gasteiger partial charge on any atom is 0.241 e. The maximum atomic E-state index is 12.7. The third-order valence-electron chi connectivity index (χ3n) is 4.40. The topological polar surface area (TPSA) is 76.9 Å². The second-order valence-electron chi connectivity index (χ2n) is 6.14. The van der Waals surface area contributed by atoms with Crippen molar-refractivity contribution in [3.63, 3.8) is 0 Å². The van der Waals surface area contributed by atoms with Crippen LogP contribution in [0.2, 0.25) is 0 Å². The Hall–Kier alpha value is -2.25. The van der Waals surface area contributed by atoms with Crippen molar-refractivity contribution in [2.75, 3.05) is 0 Å². The molecule has 0 fully saturated rings. The predicted octanol–water partition coefficient (Wildman–Crippen LogP) is 2.85. The van der Waals surface area contributed by atoms with Gasteiger partial charge in [0.15, 0.2) is 5.65 Å². The Kier molecular flexibility index (Phi) is 4.62. The highest BCUT2D eigenvalue weighted by Gasteiger charge is 2.19. The normalized spacial score (nSPS) is 12.0. The Morgan fingerprint density at radius 1 is 1.12 bits per heavy atom. The number of benzene rings is 1. The van der Waals surface area contributed by atoms with Crippen molar-refractivity contribution >= 4 is 21.2 Å². The summed E-state index contributed by atoms with van der Waals surface area (Å²) in [5.74, 6) is 0.654. The fourth-order valence-corrected chi connectivity index (χ4v) is 4.22. The summed E-state index contributed by atoms with van der Waals surface area (Å²) in [5, 5.41) is 0. The Morgan fingerprint density at radius 2 is 1.84 bits per heavy atom. The van der Waals surface area contributed by atoms with Crippen LogP contribution in [0.15, 0.2) is 35.4 Å². The molecule has 2 aromatic heterocycles. The highest BCUT2D eigenvalue weighted by atomic mass is 32.2. The van der Waals surface area contributed by atoms with E-state index in [1.807, 2.05) is 50.5 Å². The number of hydrogen-bond donors (Lipinski definition) is 1. The van der Waals surface area contributed by atoms with Crippen LogP contribution >= 0.6 is 0 Å². The Bertz CT molecular complexity index is 1040. The number of fused-ring (bicyclic) bond motifs is 1. The van der Waals surface area contributed by atoms with Crippen LogP contribution in [0.25, 0.3) is 11.2 Å². The van der Waals surface area contributed by atoms with Gasteiger partial charge >= 0.3 is 0 Å². The van der Waals surface area contributed by atoms with Crippen LogP contribution in [0.1, 0.15) is 29.4 Å². The first-order valence-electron chi connectivity index (χ1n) is 8.21. The molecule has 0 aliphatic heterocycles. The van der Waals surface area contributed by atoms with Crippen molar-refractivity contribution in [2.24, 2.45) is 0 Å². The van der Waals surface area contributed by atoms with E-state index in [2.05, 4.69) is 14.7 Å². The van der Waals surface area contributed by atoms with E-state index >= 15 is 0 Å².